The van der Waals surface area contributed by atoms with E-state index in [1.165, 1.54) is 17.8 Å². The van der Waals surface area contributed by atoms with Crippen molar-refractivity contribution in [2.45, 2.75) is 33.1 Å². The predicted molar refractivity (Wildman–Crippen MR) is 90.8 cm³/mol. The number of fused-ring (bicyclic) bond motifs is 3. The van der Waals surface area contributed by atoms with Gasteiger partial charge in [-0.1, -0.05) is 19.1 Å². The number of aryl methyl sites for hydroxylation is 1. The lowest BCUT2D eigenvalue weighted by molar-refractivity contribution is 0.0531. The van der Waals surface area contributed by atoms with Crippen LogP contribution in [0.1, 0.15) is 47.1 Å². The minimum Gasteiger partial charge on any atom is -0.462 e. The molecule has 0 N–H and O–H groups in total. The highest BCUT2D eigenvalue weighted by Crippen LogP contribution is 2.53. The Morgan fingerprint density at radius 1 is 1.35 bits per heavy atom. The van der Waals surface area contributed by atoms with Gasteiger partial charge in [0.05, 0.1) is 12.3 Å². The van der Waals surface area contributed by atoms with Gasteiger partial charge in [-0.25, -0.2) is 14.8 Å². The number of carbonyl (C=O) groups excluding carboxylic acids is 1. The van der Waals surface area contributed by atoms with Crippen LogP contribution in [0.4, 0.5) is 0 Å². The average molecular weight is 328 g/mol. The molecule has 0 saturated heterocycles. The normalized spacial score (nSPS) is 28.7. The summed E-state index contributed by atoms with van der Waals surface area (Å²) in [5, 5.41) is 1.07. The topological polar surface area (TPSA) is 52.1 Å². The molecule has 0 unspecified atom stereocenters. The zero-order valence-electron chi connectivity index (χ0n) is 13.6. The van der Waals surface area contributed by atoms with Gasteiger partial charge >= 0.3 is 5.97 Å². The number of thiophene rings is 1. The second-order valence-electron chi connectivity index (χ2n) is 6.55. The maximum atomic E-state index is 12.2. The molecule has 2 aromatic heterocycles. The molecule has 4 nitrogen and oxygen atoms in total. The molecule has 5 heteroatoms. The number of allylic oxidation sites excluding steroid dienone is 2. The van der Waals surface area contributed by atoms with Crippen LogP contribution in [0.15, 0.2) is 18.5 Å². The first-order valence-electron chi connectivity index (χ1n) is 8.21. The first kappa shape index (κ1) is 14.8. The summed E-state index contributed by atoms with van der Waals surface area (Å²) in [5.41, 5.74) is 2.08. The molecule has 0 radical (unpaired) electrons. The van der Waals surface area contributed by atoms with E-state index in [1.54, 1.807) is 6.33 Å². The summed E-state index contributed by atoms with van der Waals surface area (Å²) in [6.07, 6.45) is 7.57. The highest BCUT2D eigenvalue weighted by atomic mass is 32.1. The van der Waals surface area contributed by atoms with E-state index in [4.69, 9.17) is 4.74 Å². The Labute approximate surface area is 139 Å². The zero-order valence-corrected chi connectivity index (χ0v) is 14.4. The van der Waals surface area contributed by atoms with E-state index >= 15 is 0 Å². The molecular weight excluding hydrogens is 308 g/mol. The van der Waals surface area contributed by atoms with Gasteiger partial charge in [-0.15, -0.1) is 11.3 Å². The van der Waals surface area contributed by atoms with Gasteiger partial charge in [-0.3, -0.25) is 0 Å². The number of carbonyl (C=O) groups is 1. The summed E-state index contributed by atoms with van der Waals surface area (Å²) < 4.78 is 5.19. The van der Waals surface area contributed by atoms with Crippen LogP contribution >= 0.6 is 11.3 Å². The fraction of sp³-hybridized carbons (Fsp3) is 0.500. The van der Waals surface area contributed by atoms with Crippen LogP contribution < -0.4 is 0 Å². The van der Waals surface area contributed by atoms with Crippen LogP contribution in [0.25, 0.3) is 10.2 Å². The fourth-order valence-corrected chi connectivity index (χ4v) is 5.31. The van der Waals surface area contributed by atoms with E-state index in [0.29, 0.717) is 35.2 Å². The summed E-state index contributed by atoms with van der Waals surface area (Å²) in [4.78, 5) is 22.8. The highest BCUT2D eigenvalue weighted by molar-refractivity contribution is 7.20. The quantitative estimate of drug-likeness (QED) is 0.629. The predicted octanol–water partition coefficient (Wildman–Crippen LogP) is 4.10. The van der Waals surface area contributed by atoms with Crippen LogP contribution in [-0.4, -0.2) is 22.5 Å². The molecule has 1 fully saturated rings. The number of nitrogens with zero attached hydrogens (tertiary/aromatic N) is 2. The van der Waals surface area contributed by atoms with Crippen molar-refractivity contribution < 1.29 is 9.53 Å². The maximum absolute atomic E-state index is 12.2. The standard InChI is InChI=1S/C18H20N2O2S/c1-4-22-18(21)16-10(3)14-15(19-8-20-17(14)23-16)13-9(2)11-5-6-12(13)7-11/h5-6,8-9,11-13H,4,7H2,1-3H3/t9-,11+,12-,13-/m1/s1. The first-order valence-corrected chi connectivity index (χ1v) is 9.02. The Hall–Kier alpha value is -1.75. The summed E-state index contributed by atoms with van der Waals surface area (Å²) >= 11 is 1.42. The van der Waals surface area contributed by atoms with Crippen LogP contribution in [0.2, 0.25) is 0 Å². The first-order chi connectivity index (χ1) is 11.1. The van der Waals surface area contributed by atoms with E-state index in [1.807, 2.05) is 13.8 Å². The highest BCUT2D eigenvalue weighted by Gasteiger charge is 2.44. The van der Waals surface area contributed by atoms with Crippen molar-refractivity contribution in [3.8, 4) is 0 Å². The molecule has 2 aliphatic carbocycles. The number of aromatic nitrogens is 2. The Kier molecular flexibility index (Phi) is 3.48. The zero-order chi connectivity index (χ0) is 16.1. The molecule has 1 saturated carbocycles. The monoisotopic (exact) mass is 328 g/mol. The van der Waals surface area contributed by atoms with E-state index in [0.717, 1.165) is 21.5 Å². The molecule has 120 valence electrons. The van der Waals surface area contributed by atoms with Crippen molar-refractivity contribution in [1.29, 1.82) is 0 Å². The smallest absolute Gasteiger partial charge is 0.348 e. The van der Waals surface area contributed by atoms with Crippen LogP contribution in [0.5, 0.6) is 0 Å². The molecule has 4 rings (SSSR count). The molecule has 0 aromatic carbocycles. The number of ether oxygens (including phenoxy) is 1. The Morgan fingerprint density at radius 2 is 2.13 bits per heavy atom. The van der Waals surface area contributed by atoms with Gasteiger partial charge in [0.2, 0.25) is 0 Å². The van der Waals surface area contributed by atoms with Crippen LogP contribution in [0, 0.1) is 24.7 Å². The van der Waals surface area contributed by atoms with Gasteiger partial charge in [-0.2, -0.15) is 0 Å². The molecule has 2 aliphatic rings. The van der Waals surface area contributed by atoms with Gasteiger partial charge in [0.15, 0.2) is 0 Å². The van der Waals surface area contributed by atoms with E-state index in [-0.39, 0.29) is 5.97 Å². The molecular formula is C18H20N2O2S. The minimum absolute atomic E-state index is 0.250. The SMILES string of the molecule is CCOC(=O)c1sc2ncnc([C@@H]3[C@H](C)[C@H]4C=C[C@@H]3C4)c2c1C. The Morgan fingerprint density at radius 3 is 2.83 bits per heavy atom. The number of esters is 1. The molecule has 23 heavy (non-hydrogen) atoms. The van der Waals surface area contributed by atoms with Crippen molar-refractivity contribution in [3.63, 3.8) is 0 Å². The summed E-state index contributed by atoms with van der Waals surface area (Å²) in [5.74, 6) is 2.00. The van der Waals surface area contributed by atoms with Crippen molar-refractivity contribution >= 4 is 27.5 Å². The molecule has 0 spiro atoms. The maximum Gasteiger partial charge on any atom is 0.348 e. The van der Waals surface area contributed by atoms with Crippen LogP contribution in [-0.2, 0) is 4.74 Å². The van der Waals surface area contributed by atoms with Crippen LogP contribution in [0.3, 0.4) is 0 Å². The average Bonchev–Trinajstić information content (AvgIpc) is 3.21. The van der Waals surface area contributed by atoms with Gasteiger partial charge in [-0.05, 0) is 43.6 Å². The third kappa shape index (κ3) is 2.13. The summed E-state index contributed by atoms with van der Waals surface area (Å²) in [6, 6.07) is 0. The molecule has 0 amide bonds. The van der Waals surface area contributed by atoms with Gasteiger partial charge in [0, 0.05) is 11.3 Å². The molecule has 2 bridgehead atoms. The number of hydrogen-bond donors (Lipinski definition) is 0. The number of rotatable bonds is 3. The molecule has 0 aliphatic heterocycles. The second kappa shape index (κ2) is 5.41. The van der Waals surface area contributed by atoms with Gasteiger partial charge in [0.25, 0.3) is 0 Å². The third-order valence-corrected chi connectivity index (χ3v) is 6.57. The largest absolute Gasteiger partial charge is 0.462 e. The summed E-state index contributed by atoms with van der Waals surface area (Å²) in [6.45, 7) is 6.53. The van der Waals surface area contributed by atoms with Crippen molar-refractivity contribution in [2.24, 2.45) is 17.8 Å². The van der Waals surface area contributed by atoms with Gasteiger partial charge in [0.1, 0.15) is 16.0 Å². The van der Waals surface area contributed by atoms with E-state index in [9.17, 15) is 4.79 Å². The van der Waals surface area contributed by atoms with Gasteiger partial charge < -0.3 is 4.74 Å². The van der Waals surface area contributed by atoms with E-state index in [2.05, 4.69) is 29.0 Å². The lowest BCUT2D eigenvalue weighted by atomic mass is 9.81. The second-order valence-corrected chi connectivity index (χ2v) is 7.55. The Bertz CT molecular complexity index is 811. The molecule has 4 atom stereocenters. The number of hydrogen-bond acceptors (Lipinski definition) is 5. The fourth-order valence-electron chi connectivity index (χ4n) is 4.26. The Balaban J connectivity index is 1.85. The molecule has 2 heterocycles. The minimum atomic E-state index is -0.250. The summed E-state index contributed by atoms with van der Waals surface area (Å²) in [7, 11) is 0. The van der Waals surface area contributed by atoms with Crippen molar-refractivity contribution in [1.82, 2.24) is 9.97 Å². The van der Waals surface area contributed by atoms with Crippen molar-refractivity contribution in [2.75, 3.05) is 6.61 Å². The van der Waals surface area contributed by atoms with Crippen molar-refractivity contribution in [3.05, 3.63) is 34.6 Å². The lowest BCUT2D eigenvalue weighted by Gasteiger charge is -2.24. The van der Waals surface area contributed by atoms with E-state index < -0.39 is 0 Å². The molecule has 2 aromatic rings. The lowest BCUT2D eigenvalue weighted by Crippen LogP contribution is -2.16. The third-order valence-electron chi connectivity index (χ3n) is 5.39.